The lowest BCUT2D eigenvalue weighted by Crippen LogP contribution is -2.57. The molecule has 0 bridgehead atoms. The van der Waals surface area contributed by atoms with Crippen LogP contribution in [0.4, 0.5) is 0 Å². The van der Waals surface area contributed by atoms with Gasteiger partial charge in [0.1, 0.15) is 0 Å². The molecule has 0 saturated carbocycles. The van der Waals surface area contributed by atoms with Crippen LogP contribution in [0, 0.1) is 0 Å². The fourth-order valence-electron chi connectivity index (χ4n) is 3.77. The molecule has 2 unspecified atom stereocenters. The molecule has 0 radical (unpaired) electrons. The quantitative estimate of drug-likeness (QED) is 0.231. The Bertz CT molecular complexity index is 1140. The number of nitrogens with one attached hydrogen (secondary N) is 1. The monoisotopic (exact) mass is 557 g/mol. The standard InChI is InChI=1S/C28H29Cl2N3O3S/c29-22-10-6-19(7-11-22)14-16-33(17-15-20-8-12-23(30)13-9-20)28(36)25(26(31)34)32-27(35)24(37)18-21-4-2-1-3-5-21/h1-13,24-25,37H,14-18H2,(H2,31,34)(H,32,35). The van der Waals surface area contributed by atoms with Gasteiger partial charge in [0.2, 0.25) is 11.8 Å². The van der Waals surface area contributed by atoms with Crippen LogP contribution in [0.1, 0.15) is 16.7 Å². The zero-order valence-electron chi connectivity index (χ0n) is 20.1. The van der Waals surface area contributed by atoms with Crippen LogP contribution in [-0.4, -0.2) is 47.0 Å². The van der Waals surface area contributed by atoms with Gasteiger partial charge in [-0.2, -0.15) is 12.6 Å². The number of amides is 3. The van der Waals surface area contributed by atoms with Crippen LogP contribution in [0.5, 0.6) is 0 Å². The molecule has 0 spiro atoms. The van der Waals surface area contributed by atoms with Gasteiger partial charge in [-0.25, -0.2) is 0 Å². The van der Waals surface area contributed by atoms with E-state index in [1.54, 1.807) is 29.2 Å². The second-order valence-electron chi connectivity index (χ2n) is 8.63. The molecule has 3 rings (SSSR count). The maximum atomic E-state index is 13.5. The summed E-state index contributed by atoms with van der Waals surface area (Å²) >= 11 is 16.3. The van der Waals surface area contributed by atoms with E-state index in [1.807, 2.05) is 54.6 Å². The van der Waals surface area contributed by atoms with Crippen molar-refractivity contribution in [3.8, 4) is 0 Å². The van der Waals surface area contributed by atoms with Gasteiger partial charge in [-0.1, -0.05) is 77.8 Å². The third kappa shape index (κ3) is 9.11. The summed E-state index contributed by atoms with van der Waals surface area (Å²) in [4.78, 5) is 40.2. The van der Waals surface area contributed by atoms with Gasteiger partial charge in [-0.3, -0.25) is 14.4 Å². The van der Waals surface area contributed by atoms with Crippen molar-refractivity contribution < 1.29 is 14.4 Å². The van der Waals surface area contributed by atoms with Gasteiger partial charge >= 0.3 is 0 Å². The first-order valence-corrected chi connectivity index (χ1v) is 13.1. The number of primary amides is 1. The summed E-state index contributed by atoms with van der Waals surface area (Å²) in [5, 5.41) is 2.99. The largest absolute Gasteiger partial charge is 0.367 e. The molecule has 0 aliphatic heterocycles. The highest BCUT2D eigenvalue weighted by atomic mass is 35.5. The fourth-order valence-corrected chi connectivity index (χ4v) is 4.31. The van der Waals surface area contributed by atoms with Crippen molar-refractivity contribution in [2.24, 2.45) is 5.73 Å². The van der Waals surface area contributed by atoms with Crippen molar-refractivity contribution in [2.45, 2.75) is 30.6 Å². The fraction of sp³-hybridized carbons (Fsp3) is 0.250. The third-order valence-corrected chi connectivity index (χ3v) is 6.79. The van der Waals surface area contributed by atoms with E-state index in [4.69, 9.17) is 28.9 Å². The van der Waals surface area contributed by atoms with Gasteiger partial charge in [0.25, 0.3) is 5.91 Å². The topological polar surface area (TPSA) is 92.5 Å². The number of thiol groups is 1. The summed E-state index contributed by atoms with van der Waals surface area (Å²) in [7, 11) is 0. The summed E-state index contributed by atoms with van der Waals surface area (Å²) in [6.45, 7) is 0.643. The number of hydrogen-bond donors (Lipinski definition) is 3. The van der Waals surface area contributed by atoms with Crippen molar-refractivity contribution in [2.75, 3.05) is 13.1 Å². The maximum absolute atomic E-state index is 13.5. The summed E-state index contributed by atoms with van der Waals surface area (Å²) in [5.74, 6) is -2.04. The van der Waals surface area contributed by atoms with Gasteiger partial charge in [0.05, 0.1) is 5.25 Å². The predicted octanol–water partition coefficient (Wildman–Crippen LogP) is 4.12. The number of carbonyl (C=O) groups excluding carboxylic acids is 3. The number of carbonyl (C=O) groups is 3. The van der Waals surface area contributed by atoms with Crippen molar-refractivity contribution in [1.82, 2.24) is 10.2 Å². The number of halogens is 2. The molecule has 3 N–H and O–H groups in total. The Balaban J connectivity index is 1.72. The van der Waals surface area contributed by atoms with Gasteiger partial charge in [-0.15, -0.1) is 0 Å². The normalized spacial score (nSPS) is 12.4. The van der Waals surface area contributed by atoms with E-state index in [0.717, 1.165) is 16.7 Å². The van der Waals surface area contributed by atoms with Gasteiger partial charge in [-0.05, 0) is 60.2 Å². The summed E-state index contributed by atoms with van der Waals surface area (Å²) in [5.41, 5.74) is 8.43. The van der Waals surface area contributed by atoms with Crippen molar-refractivity contribution >= 4 is 53.6 Å². The van der Waals surface area contributed by atoms with Crippen LogP contribution < -0.4 is 11.1 Å². The van der Waals surface area contributed by atoms with Crippen LogP contribution >= 0.6 is 35.8 Å². The molecule has 0 aromatic heterocycles. The average Bonchev–Trinajstić information content (AvgIpc) is 2.89. The first kappa shape index (κ1) is 28.6. The number of benzene rings is 3. The van der Waals surface area contributed by atoms with E-state index in [1.165, 1.54) is 0 Å². The number of nitrogens with two attached hydrogens (primary N) is 1. The summed E-state index contributed by atoms with van der Waals surface area (Å²) in [6, 6.07) is 22.5. The molecule has 0 heterocycles. The molecule has 194 valence electrons. The minimum absolute atomic E-state index is 0.321. The summed E-state index contributed by atoms with van der Waals surface area (Å²) < 4.78 is 0. The second-order valence-corrected chi connectivity index (χ2v) is 10.1. The Morgan fingerprint density at radius 3 is 1.73 bits per heavy atom. The van der Waals surface area contributed by atoms with Gasteiger partial charge < -0.3 is 16.0 Å². The molecule has 3 amide bonds. The SMILES string of the molecule is NC(=O)C(NC(=O)C(S)Cc1ccccc1)C(=O)N(CCc1ccc(Cl)cc1)CCc1ccc(Cl)cc1. The Hall–Kier alpha value is -3.00. The van der Waals surface area contributed by atoms with E-state index in [9.17, 15) is 14.4 Å². The van der Waals surface area contributed by atoms with Crippen LogP contribution in [0.3, 0.4) is 0 Å². The molecule has 2 atom stereocenters. The smallest absolute Gasteiger partial charge is 0.254 e. The van der Waals surface area contributed by atoms with Crippen LogP contribution in [0.15, 0.2) is 78.9 Å². The molecule has 3 aromatic rings. The molecular weight excluding hydrogens is 529 g/mol. The van der Waals surface area contributed by atoms with Gasteiger partial charge in [0, 0.05) is 23.1 Å². The Morgan fingerprint density at radius 2 is 1.27 bits per heavy atom. The van der Waals surface area contributed by atoms with E-state index in [0.29, 0.717) is 42.4 Å². The van der Waals surface area contributed by atoms with Crippen molar-refractivity contribution in [3.05, 3.63) is 106 Å². The zero-order chi connectivity index (χ0) is 26.8. The van der Waals surface area contributed by atoms with E-state index in [-0.39, 0.29) is 0 Å². The Kier molecular flexibility index (Phi) is 10.9. The van der Waals surface area contributed by atoms with Gasteiger partial charge in [0.15, 0.2) is 6.04 Å². The molecule has 0 aliphatic carbocycles. The van der Waals surface area contributed by atoms with E-state index >= 15 is 0 Å². The van der Waals surface area contributed by atoms with E-state index < -0.39 is 29.0 Å². The maximum Gasteiger partial charge on any atom is 0.254 e. The third-order valence-electron chi connectivity index (χ3n) is 5.87. The van der Waals surface area contributed by atoms with Crippen molar-refractivity contribution in [1.29, 1.82) is 0 Å². The van der Waals surface area contributed by atoms with Crippen LogP contribution in [0.25, 0.3) is 0 Å². The molecular formula is C28H29Cl2N3O3S. The predicted molar refractivity (Wildman–Crippen MR) is 151 cm³/mol. The molecule has 0 fully saturated rings. The lowest BCUT2D eigenvalue weighted by Gasteiger charge is -2.27. The highest BCUT2D eigenvalue weighted by Crippen LogP contribution is 2.14. The molecule has 6 nitrogen and oxygen atoms in total. The van der Waals surface area contributed by atoms with E-state index in [2.05, 4.69) is 17.9 Å². The average molecular weight is 559 g/mol. The van der Waals surface area contributed by atoms with Crippen molar-refractivity contribution in [3.63, 3.8) is 0 Å². The Labute approximate surface area is 232 Å². The highest BCUT2D eigenvalue weighted by molar-refractivity contribution is 7.81. The number of rotatable bonds is 12. The lowest BCUT2D eigenvalue weighted by atomic mass is 10.1. The molecule has 0 saturated heterocycles. The van der Waals surface area contributed by atoms with Crippen LogP contribution in [-0.2, 0) is 33.6 Å². The first-order chi connectivity index (χ1) is 17.7. The molecule has 9 heteroatoms. The molecule has 37 heavy (non-hydrogen) atoms. The minimum Gasteiger partial charge on any atom is -0.367 e. The summed E-state index contributed by atoms with van der Waals surface area (Å²) in [6.07, 6.45) is 1.41. The number of hydrogen-bond acceptors (Lipinski definition) is 4. The highest BCUT2D eigenvalue weighted by Gasteiger charge is 2.32. The lowest BCUT2D eigenvalue weighted by molar-refractivity contribution is -0.141. The second kappa shape index (κ2) is 14.1. The molecule has 3 aromatic carbocycles. The zero-order valence-corrected chi connectivity index (χ0v) is 22.6. The van der Waals surface area contributed by atoms with Crippen LogP contribution in [0.2, 0.25) is 10.0 Å². The Morgan fingerprint density at radius 1 is 0.784 bits per heavy atom. The number of nitrogens with zero attached hydrogens (tertiary/aromatic N) is 1. The first-order valence-electron chi connectivity index (χ1n) is 11.8. The molecule has 0 aliphatic rings. The minimum atomic E-state index is -1.51.